The van der Waals surface area contributed by atoms with Crippen LogP contribution in [0.1, 0.15) is 18.1 Å². The first-order valence-electron chi connectivity index (χ1n) is 6.39. The van der Waals surface area contributed by atoms with Crippen molar-refractivity contribution in [3.8, 4) is 16.9 Å². The summed E-state index contributed by atoms with van der Waals surface area (Å²) in [5, 5.41) is 8.82. The van der Waals surface area contributed by atoms with Gasteiger partial charge in [0.2, 0.25) is 0 Å². The fourth-order valence-electron chi connectivity index (χ4n) is 2.03. The van der Waals surface area contributed by atoms with Crippen LogP contribution >= 0.6 is 0 Å². The third-order valence-corrected chi connectivity index (χ3v) is 3.02. The topological polar surface area (TPSA) is 29.5 Å². The van der Waals surface area contributed by atoms with Crippen molar-refractivity contribution in [1.82, 2.24) is 0 Å². The van der Waals surface area contributed by atoms with Gasteiger partial charge in [-0.2, -0.15) is 0 Å². The first-order chi connectivity index (χ1) is 9.24. The lowest BCUT2D eigenvalue weighted by atomic mass is 10.00. The number of hydrogen-bond acceptors (Lipinski definition) is 2. The van der Waals surface area contributed by atoms with Gasteiger partial charge >= 0.3 is 0 Å². The molecule has 0 atom stereocenters. The zero-order valence-corrected chi connectivity index (χ0v) is 11.3. The molecular formula is C17H18O2. The van der Waals surface area contributed by atoms with Crippen molar-refractivity contribution in [2.75, 3.05) is 6.61 Å². The minimum atomic E-state index is 0.681. The highest BCUT2D eigenvalue weighted by molar-refractivity contribution is 5.68. The van der Waals surface area contributed by atoms with Gasteiger partial charge in [-0.25, -0.2) is 0 Å². The van der Waals surface area contributed by atoms with E-state index in [9.17, 15) is 0 Å². The monoisotopic (exact) mass is 254 g/mol. The lowest BCUT2D eigenvalue weighted by Crippen LogP contribution is -1.90. The molecule has 0 radical (unpaired) electrons. The van der Waals surface area contributed by atoms with Crippen molar-refractivity contribution in [2.45, 2.75) is 13.8 Å². The molecule has 1 N–H and O–H groups in total. The van der Waals surface area contributed by atoms with Gasteiger partial charge in [-0.05, 0) is 54.3 Å². The molecule has 0 aliphatic carbocycles. The molecule has 98 valence electrons. The summed E-state index contributed by atoms with van der Waals surface area (Å²) in [7, 11) is 0. The fourth-order valence-corrected chi connectivity index (χ4v) is 2.03. The number of benzene rings is 2. The fraction of sp³-hybridized carbons (Fsp3) is 0.176. The smallest absolute Gasteiger partial charge is 0.119 e. The second-order valence-electron chi connectivity index (χ2n) is 4.34. The molecule has 0 aromatic heterocycles. The first kappa shape index (κ1) is 13.2. The van der Waals surface area contributed by atoms with Crippen LogP contribution < -0.4 is 4.74 Å². The summed E-state index contributed by atoms with van der Waals surface area (Å²) in [6, 6.07) is 14.3. The molecule has 0 bridgehead atoms. The maximum absolute atomic E-state index is 8.82. The van der Waals surface area contributed by atoms with E-state index in [2.05, 4.69) is 24.3 Å². The van der Waals surface area contributed by atoms with Crippen LogP contribution in [-0.2, 0) is 0 Å². The lowest BCUT2D eigenvalue weighted by Gasteiger charge is -2.07. The predicted molar refractivity (Wildman–Crippen MR) is 79.4 cm³/mol. The van der Waals surface area contributed by atoms with Crippen LogP contribution in [0, 0.1) is 6.92 Å². The number of hydrogen-bond donors (Lipinski definition) is 1. The van der Waals surface area contributed by atoms with Gasteiger partial charge in [0.05, 0.1) is 12.9 Å². The van der Waals surface area contributed by atoms with Crippen molar-refractivity contribution in [1.29, 1.82) is 0 Å². The second kappa shape index (κ2) is 6.10. The zero-order valence-electron chi connectivity index (χ0n) is 11.3. The third-order valence-electron chi connectivity index (χ3n) is 3.02. The van der Waals surface area contributed by atoms with E-state index in [4.69, 9.17) is 9.84 Å². The number of aryl methyl sites for hydroxylation is 1. The Morgan fingerprint density at radius 1 is 1.05 bits per heavy atom. The zero-order chi connectivity index (χ0) is 13.7. The van der Waals surface area contributed by atoms with E-state index in [1.807, 2.05) is 32.0 Å². The van der Waals surface area contributed by atoms with Crippen LogP contribution in [0.4, 0.5) is 0 Å². The quantitative estimate of drug-likeness (QED) is 0.809. The molecule has 2 nitrogen and oxygen atoms in total. The van der Waals surface area contributed by atoms with Crippen molar-refractivity contribution >= 4 is 6.08 Å². The van der Waals surface area contributed by atoms with Gasteiger partial charge in [0.25, 0.3) is 0 Å². The van der Waals surface area contributed by atoms with Crippen molar-refractivity contribution < 1.29 is 9.84 Å². The molecule has 0 fully saturated rings. The van der Waals surface area contributed by atoms with Crippen molar-refractivity contribution in [3.63, 3.8) is 0 Å². The van der Waals surface area contributed by atoms with E-state index in [1.165, 1.54) is 0 Å². The summed E-state index contributed by atoms with van der Waals surface area (Å²) in [6.45, 7) is 4.69. The standard InChI is InChI=1S/C17H18O2/c1-3-19-17-8-6-15(7-9-17)16-5-4-14(10-11-18)13(2)12-16/h4-12,18H,3H2,1-2H3/b11-10-. The molecule has 0 amide bonds. The molecule has 2 aromatic carbocycles. The first-order valence-corrected chi connectivity index (χ1v) is 6.39. The molecule has 0 saturated carbocycles. The van der Waals surface area contributed by atoms with Crippen molar-refractivity contribution in [2.24, 2.45) is 0 Å². The van der Waals surface area contributed by atoms with E-state index >= 15 is 0 Å². The number of aliphatic hydroxyl groups is 1. The molecule has 0 spiro atoms. The molecule has 2 heteroatoms. The second-order valence-corrected chi connectivity index (χ2v) is 4.34. The largest absolute Gasteiger partial charge is 0.516 e. The minimum Gasteiger partial charge on any atom is -0.516 e. The molecule has 0 aliphatic rings. The third kappa shape index (κ3) is 3.16. The Kier molecular flexibility index (Phi) is 4.24. The SMILES string of the molecule is CCOc1ccc(-c2ccc(/C=C\O)c(C)c2)cc1. The van der Waals surface area contributed by atoms with Gasteiger partial charge in [-0.1, -0.05) is 30.3 Å². The average molecular weight is 254 g/mol. The summed E-state index contributed by atoms with van der Waals surface area (Å²) in [5.41, 5.74) is 4.48. The summed E-state index contributed by atoms with van der Waals surface area (Å²) in [4.78, 5) is 0. The van der Waals surface area contributed by atoms with E-state index in [0.29, 0.717) is 6.61 Å². The molecule has 2 aromatic rings. The summed E-state index contributed by atoms with van der Waals surface area (Å²) >= 11 is 0. The van der Waals surface area contributed by atoms with Crippen LogP contribution in [0.2, 0.25) is 0 Å². The Hall–Kier alpha value is -2.22. The normalized spacial score (nSPS) is 10.8. The van der Waals surface area contributed by atoms with Gasteiger partial charge < -0.3 is 9.84 Å². The lowest BCUT2D eigenvalue weighted by molar-refractivity contribution is 0.340. The van der Waals surface area contributed by atoms with Crippen LogP contribution in [0.25, 0.3) is 17.2 Å². The highest BCUT2D eigenvalue weighted by Gasteiger charge is 2.01. The molecule has 2 rings (SSSR count). The molecule has 19 heavy (non-hydrogen) atoms. The minimum absolute atomic E-state index is 0.681. The maximum Gasteiger partial charge on any atom is 0.119 e. The summed E-state index contributed by atoms with van der Waals surface area (Å²) in [5.74, 6) is 0.891. The van der Waals surface area contributed by atoms with Gasteiger partial charge in [0.15, 0.2) is 0 Å². The van der Waals surface area contributed by atoms with Crippen LogP contribution in [0.3, 0.4) is 0 Å². The highest BCUT2D eigenvalue weighted by atomic mass is 16.5. The van der Waals surface area contributed by atoms with E-state index in [0.717, 1.165) is 34.3 Å². The van der Waals surface area contributed by atoms with E-state index in [1.54, 1.807) is 6.08 Å². The molecule has 0 heterocycles. The van der Waals surface area contributed by atoms with Gasteiger partial charge in [-0.15, -0.1) is 0 Å². The number of aliphatic hydroxyl groups excluding tert-OH is 1. The Morgan fingerprint density at radius 3 is 2.32 bits per heavy atom. The van der Waals surface area contributed by atoms with Crippen LogP contribution in [-0.4, -0.2) is 11.7 Å². The maximum atomic E-state index is 8.82. The summed E-state index contributed by atoms with van der Waals surface area (Å²) in [6.07, 6.45) is 2.76. The molecule has 0 saturated heterocycles. The molecular weight excluding hydrogens is 236 g/mol. The predicted octanol–water partition coefficient (Wildman–Crippen LogP) is 4.59. The number of rotatable bonds is 4. The molecule has 0 unspecified atom stereocenters. The Labute approximate surface area is 114 Å². The van der Waals surface area contributed by atoms with Crippen LogP contribution in [0.5, 0.6) is 5.75 Å². The van der Waals surface area contributed by atoms with Gasteiger partial charge in [-0.3, -0.25) is 0 Å². The Morgan fingerprint density at radius 2 is 1.74 bits per heavy atom. The van der Waals surface area contributed by atoms with Crippen LogP contribution in [0.15, 0.2) is 48.7 Å². The summed E-state index contributed by atoms with van der Waals surface area (Å²) < 4.78 is 5.43. The highest BCUT2D eigenvalue weighted by Crippen LogP contribution is 2.25. The molecule has 0 aliphatic heterocycles. The average Bonchev–Trinajstić information content (AvgIpc) is 2.43. The number of ether oxygens (including phenoxy) is 1. The Bertz CT molecular complexity index is 568. The van der Waals surface area contributed by atoms with E-state index < -0.39 is 0 Å². The van der Waals surface area contributed by atoms with Gasteiger partial charge in [0.1, 0.15) is 5.75 Å². The van der Waals surface area contributed by atoms with Crippen molar-refractivity contribution in [3.05, 3.63) is 59.9 Å². The Balaban J connectivity index is 2.29. The van der Waals surface area contributed by atoms with E-state index in [-0.39, 0.29) is 0 Å². The van der Waals surface area contributed by atoms with Gasteiger partial charge in [0, 0.05) is 0 Å².